The normalized spacial score (nSPS) is 12.0. The Balaban J connectivity index is 2.27. The molecule has 3 aromatic heterocycles. The maximum Gasteiger partial charge on any atom is 0.331 e. The third kappa shape index (κ3) is 2.52. The van der Waals surface area contributed by atoms with E-state index < -0.39 is 5.97 Å². The highest BCUT2D eigenvalue weighted by Crippen LogP contribution is 2.25. The molecule has 3 heterocycles. The van der Waals surface area contributed by atoms with Crippen molar-refractivity contribution in [2.24, 2.45) is 7.05 Å². The molecule has 3 aromatic rings. The molecule has 0 aliphatic heterocycles. The van der Waals surface area contributed by atoms with Crippen molar-refractivity contribution in [3.05, 3.63) is 47.4 Å². The van der Waals surface area contributed by atoms with Gasteiger partial charge in [-0.2, -0.15) is 5.10 Å². The van der Waals surface area contributed by atoms with Gasteiger partial charge in [0.15, 0.2) is 0 Å². The van der Waals surface area contributed by atoms with Crippen LogP contribution in [0.3, 0.4) is 0 Å². The molecule has 0 unspecified atom stereocenters. The highest BCUT2D eigenvalue weighted by atomic mass is 16.4. The summed E-state index contributed by atoms with van der Waals surface area (Å²) in [7, 11) is 1.85. The molecule has 0 amide bonds. The molecule has 118 valence electrons. The molecule has 1 N–H and O–H groups in total. The second-order valence-corrected chi connectivity index (χ2v) is 5.38. The molecular weight excluding hydrogens is 292 g/mol. The molecule has 0 aliphatic rings. The lowest BCUT2D eigenvalue weighted by atomic mass is 10.1. The van der Waals surface area contributed by atoms with Crippen LogP contribution >= 0.6 is 0 Å². The van der Waals surface area contributed by atoms with Gasteiger partial charge in [0, 0.05) is 36.0 Å². The van der Waals surface area contributed by atoms with E-state index in [1.807, 2.05) is 49.9 Å². The van der Waals surface area contributed by atoms with Gasteiger partial charge < -0.3 is 5.11 Å². The summed E-state index contributed by atoms with van der Waals surface area (Å²) < 4.78 is 3.70. The third-order valence-electron chi connectivity index (χ3n) is 3.89. The number of hydrogen-bond acceptors (Lipinski definition) is 3. The fourth-order valence-electron chi connectivity index (χ4n) is 2.74. The fourth-order valence-corrected chi connectivity index (χ4v) is 2.74. The lowest BCUT2D eigenvalue weighted by Gasteiger charge is -2.08. The van der Waals surface area contributed by atoms with E-state index >= 15 is 0 Å². The summed E-state index contributed by atoms with van der Waals surface area (Å²) in [5, 5.41) is 14.8. The molecule has 3 rings (SSSR count). The van der Waals surface area contributed by atoms with E-state index in [-0.39, 0.29) is 0 Å². The minimum Gasteiger partial charge on any atom is -0.478 e. The Labute approximate surface area is 133 Å². The average molecular weight is 310 g/mol. The molecule has 0 aromatic carbocycles. The predicted octanol–water partition coefficient (Wildman–Crippen LogP) is 2.95. The van der Waals surface area contributed by atoms with Gasteiger partial charge in [0.2, 0.25) is 0 Å². The number of rotatable bonds is 4. The Morgan fingerprint density at radius 3 is 2.87 bits per heavy atom. The molecular formula is C17H18N4O2. The Morgan fingerprint density at radius 1 is 1.39 bits per heavy atom. The first-order valence-corrected chi connectivity index (χ1v) is 7.42. The fraction of sp³-hybridized carbons (Fsp3) is 0.235. The lowest BCUT2D eigenvalue weighted by molar-refractivity contribution is -0.132. The largest absolute Gasteiger partial charge is 0.478 e. The molecule has 0 saturated heterocycles. The first-order chi connectivity index (χ1) is 11.0. The topological polar surface area (TPSA) is 72.9 Å². The quantitative estimate of drug-likeness (QED) is 0.752. The Kier molecular flexibility index (Phi) is 3.73. The van der Waals surface area contributed by atoms with Crippen molar-refractivity contribution in [3.63, 3.8) is 0 Å². The summed E-state index contributed by atoms with van der Waals surface area (Å²) in [6, 6.07) is 5.87. The van der Waals surface area contributed by atoms with Crippen LogP contribution in [0.1, 0.15) is 24.6 Å². The van der Waals surface area contributed by atoms with Gasteiger partial charge in [-0.15, -0.1) is 0 Å². The number of carbonyl (C=O) groups is 1. The number of aliphatic carboxylic acids is 1. The summed E-state index contributed by atoms with van der Waals surface area (Å²) in [4.78, 5) is 15.8. The number of aryl methyl sites for hydroxylation is 2. The standard InChI is InChI=1S/C17H18N4O2/c1-4-12(17(22)23)10-14-11(2)19-20(3)16(14)21-9-7-13-6-5-8-18-15(13)21/h5-10H,4H2,1-3H3,(H,22,23)/b12-10+. The molecule has 6 heteroatoms. The molecule has 0 bridgehead atoms. The van der Waals surface area contributed by atoms with Crippen LogP contribution < -0.4 is 0 Å². The molecule has 0 radical (unpaired) electrons. The number of pyridine rings is 1. The van der Waals surface area contributed by atoms with Gasteiger partial charge in [0.25, 0.3) is 0 Å². The molecule has 6 nitrogen and oxygen atoms in total. The number of carboxylic acids is 1. The predicted molar refractivity (Wildman–Crippen MR) is 88.5 cm³/mol. The summed E-state index contributed by atoms with van der Waals surface area (Å²) in [5.74, 6) is -0.0967. The number of nitrogens with zero attached hydrogens (tertiary/aromatic N) is 4. The summed E-state index contributed by atoms with van der Waals surface area (Å²) in [6.45, 7) is 3.71. The van der Waals surface area contributed by atoms with Gasteiger partial charge in [0.1, 0.15) is 11.5 Å². The van der Waals surface area contributed by atoms with Crippen molar-refractivity contribution < 1.29 is 9.90 Å². The van der Waals surface area contributed by atoms with Crippen molar-refractivity contribution in [2.45, 2.75) is 20.3 Å². The zero-order valence-corrected chi connectivity index (χ0v) is 13.3. The Bertz CT molecular complexity index is 918. The van der Waals surface area contributed by atoms with E-state index in [2.05, 4.69) is 10.1 Å². The smallest absolute Gasteiger partial charge is 0.331 e. The van der Waals surface area contributed by atoms with E-state index in [0.717, 1.165) is 28.1 Å². The molecule has 0 aliphatic carbocycles. The van der Waals surface area contributed by atoms with Gasteiger partial charge in [-0.05, 0) is 37.6 Å². The van der Waals surface area contributed by atoms with Crippen LogP contribution in [0.5, 0.6) is 0 Å². The molecule has 0 saturated carbocycles. The van der Waals surface area contributed by atoms with Crippen LogP contribution in [0.4, 0.5) is 0 Å². The molecule has 0 spiro atoms. The zero-order valence-electron chi connectivity index (χ0n) is 13.3. The summed E-state index contributed by atoms with van der Waals surface area (Å²) in [5.41, 5.74) is 2.76. The van der Waals surface area contributed by atoms with Crippen LogP contribution in [0, 0.1) is 6.92 Å². The molecule has 0 atom stereocenters. The molecule has 0 fully saturated rings. The zero-order chi connectivity index (χ0) is 16.6. The first-order valence-electron chi connectivity index (χ1n) is 7.42. The number of carboxylic acid groups (broad SMARTS) is 1. The maximum absolute atomic E-state index is 11.3. The van der Waals surface area contributed by atoms with Gasteiger partial charge in [-0.25, -0.2) is 9.78 Å². The van der Waals surface area contributed by atoms with Crippen LogP contribution in [0.25, 0.3) is 22.9 Å². The van der Waals surface area contributed by atoms with E-state index in [0.29, 0.717) is 12.0 Å². The lowest BCUT2D eigenvalue weighted by Crippen LogP contribution is -2.05. The van der Waals surface area contributed by atoms with Crippen LogP contribution in [-0.4, -0.2) is 30.4 Å². The maximum atomic E-state index is 11.3. The van der Waals surface area contributed by atoms with Crippen molar-refractivity contribution >= 4 is 23.1 Å². The minimum absolute atomic E-state index is 0.353. The summed E-state index contributed by atoms with van der Waals surface area (Å²) >= 11 is 0. The van der Waals surface area contributed by atoms with Crippen molar-refractivity contribution in [2.75, 3.05) is 0 Å². The number of fused-ring (bicyclic) bond motifs is 1. The van der Waals surface area contributed by atoms with E-state index in [1.165, 1.54) is 0 Å². The van der Waals surface area contributed by atoms with Crippen LogP contribution in [0.2, 0.25) is 0 Å². The van der Waals surface area contributed by atoms with Gasteiger partial charge in [-0.3, -0.25) is 9.25 Å². The SMILES string of the molecule is CC/C(=C\c1c(C)nn(C)c1-n1ccc2cccnc21)C(=O)O. The highest BCUT2D eigenvalue weighted by Gasteiger charge is 2.17. The van der Waals surface area contributed by atoms with E-state index in [4.69, 9.17) is 0 Å². The van der Waals surface area contributed by atoms with Gasteiger partial charge in [0.05, 0.1) is 5.69 Å². The highest BCUT2D eigenvalue weighted by molar-refractivity contribution is 5.93. The minimum atomic E-state index is -0.905. The number of aromatic nitrogens is 4. The van der Waals surface area contributed by atoms with Crippen molar-refractivity contribution in [3.8, 4) is 5.82 Å². The summed E-state index contributed by atoms with van der Waals surface area (Å²) in [6.07, 6.45) is 5.83. The number of hydrogen-bond donors (Lipinski definition) is 1. The Hall–Kier alpha value is -2.89. The monoisotopic (exact) mass is 310 g/mol. The average Bonchev–Trinajstić information content (AvgIpc) is 3.05. The van der Waals surface area contributed by atoms with Gasteiger partial charge in [-0.1, -0.05) is 6.92 Å². The van der Waals surface area contributed by atoms with Crippen molar-refractivity contribution in [1.29, 1.82) is 0 Å². The third-order valence-corrected chi connectivity index (χ3v) is 3.89. The Morgan fingerprint density at radius 2 is 2.17 bits per heavy atom. The molecule has 23 heavy (non-hydrogen) atoms. The van der Waals surface area contributed by atoms with Crippen LogP contribution in [0.15, 0.2) is 36.2 Å². The first kappa shape index (κ1) is 15.0. The van der Waals surface area contributed by atoms with E-state index in [9.17, 15) is 9.90 Å². The van der Waals surface area contributed by atoms with Crippen molar-refractivity contribution in [1.82, 2.24) is 19.3 Å². The van der Waals surface area contributed by atoms with Gasteiger partial charge >= 0.3 is 5.97 Å². The van der Waals surface area contributed by atoms with E-state index in [1.54, 1.807) is 17.0 Å². The second kappa shape index (κ2) is 5.72. The second-order valence-electron chi connectivity index (χ2n) is 5.38. The van der Waals surface area contributed by atoms with Crippen LogP contribution in [-0.2, 0) is 11.8 Å².